The molecule has 2 aromatic rings. The van der Waals surface area contributed by atoms with E-state index in [0.29, 0.717) is 52.4 Å². The molecule has 6 nitrogen and oxygen atoms in total. The van der Waals surface area contributed by atoms with Crippen molar-refractivity contribution in [1.29, 1.82) is 0 Å². The average molecular weight is 465 g/mol. The van der Waals surface area contributed by atoms with Gasteiger partial charge in [0.2, 0.25) is 0 Å². The predicted octanol–water partition coefficient (Wildman–Crippen LogP) is 5.09. The fourth-order valence-electron chi connectivity index (χ4n) is 4.88. The van der Waals surface area contributed by atoms with Crippen molar-refractivity contribution in [3.63, 3.8) is 0 Å². The van der Waals surface area contributed by atoms with Crippen molar-refractivity contribution < 1.29 is 23.5 Å². The standard InChI is InChI=1S/C27H29FN2O4/c1-15-23(26(32)30-17-8-6-7-16(28)11-17)24(19-12-18(33-4)9-10-22(19)34-5)25-20(29-15)13-27(2,3)14-21(25)31/h6-12,24,29H,13-14H2,1-5H3,(H,30,32)/t24-/m0/s1. The number of ether oxygens (including phenoxy) is 2. The van der Waals surface area contributed by atoms with Gasteiger partial charge in [-0.3, -0.25) is 9.59 Å². The minimum absolute atomic E-state index is 0.0165. The molecule has 1 aliphatic heterocycles. The van der Waals surface area contributed by atoms with Crippen molar-refractivity contribution in [3.05, 3.63) is 76.4 Å². The molecule has 1 amide bonds. The molecule has 7 heteroatoms. The summed E-state index contributed by atoms with van der Waals surface area (Å²) in [6.07, 6.45) is 1.04. The van der Waals surface area contributed by atoms with E-state index in [4.69, 9.17) is 9.47 Å². The van der Waals surface area contributed by atoms with E-state index in [9.17, 15) is 14.0 Å². The predicted molar refractivity (Wildman–Crippen MR) is 128 cm³/mol. The van der Waals surface area contributed by atoms with Crippen molar-refractivity contribution in [1.82, 2.24) is 5.32 Å². The number of rotatable bonds is 5. The Bertz CT molecular complexity index is 1230. The Morgan fingerprint density at radius 3 is 2.56 bits per heavy atom. The smallest absolute Gasteiger partial charge is 0.254 e. The summed E-state index contributed by atoms with van der Waals surface area (Å²) in [4.78, 5) is 27.1. The lowest BCUT2D eigenvalue weighted by Crippen LogP contribution is -2.39. The summed E-state index contributed by atoms with van der Waals surface area (Å²) in [6, 6.07) is 11.1. The quantitative estimate of drug-likeness (QED) is 0.645. The molecule has 0 bridgehead atoms. The van der Waals surface area contributed by atoms with Gasteiger partial charge in [-0.2, -0.15) is 0 Å². The van der Waals surface area contributed by atoms with Gasteiger partial charge in [0.05, 0.1) is 20.1 Å². The number of ketones is 1. The second kappa shape index (κ2) is 8.97. The first-order valence-corrected chi connectivity index (χ1v) is 11.2. The fraction of sp³-hybridized carbons (Fsp3) is 0.333. The van der Waals surface area contributed by atoms with E-state index in [0.717, 1.165) is 5.70 Å². The zero-order valence-electron chi connectivity index (χ0n) is 20.0. The molecule has 0 fully saturated rings. The van der Waals surface area contributed by atoms with Gasteiger partial charge in [0.1, 0.15) is 17.3 Å². The Labute approximate surface area is 198 Å². The number of carbonyl (C=O) groups is 2. The van der Waals surface area contributed by atoms with Gasteiger partial charge in [0.15, 0.2) is 5.78 Å². The number of anilines is 1. The van der Waals surface area contributed by atoms with Gasteiger partial charge in [-0.1, -0.05) is 19.9 Å². The number of allylic oxidation sites excluding steroid dienone is 3. The second-order valence-electron chi connectivity index (χ2n) is 9.50. The second-order valence-corrected chi connectivity index (χ2v) is 9.50. The maximum atomic E-state index is 13.7. The fourth-order valence-corrected chi connectivity index (χ4v) is 4.88. The Hall–Kier alpha value is -3.61. The molecule has 4 rings (SSSR count). The minimum atomic E-state index is -0.668. The third kappa shape index (κ3) is 4.42. The number of hydrogen-bond donors (Lipinski definition) is 2. The maximum absolute atomic E-state index is 13.7. The number of hydrogen-bond acceptors (Lipinski definition) is 5. The molecule has 2 N–H and O–H groups in total. The van der Waals surface area contributed by atoms with E-state index in [1.165, 1.54) is 18.2 Å². The van der Waals surface area contributed by atoms with Crippen LogP contribution < -0.4 is 20.1 Å². The van der Waals surface area contributed by atoms with Crippen molar-refractivity contribution in [2.45, 2.75) is 39.5 Å². The molecular weight excluding hydrogens is 435 g/mol. The van der Waals surface area contributed by atoms with Gasteiger partial charge < -0.3 is 20.1 Å². The van der Waals surface area contributed by atoms with Gasteiger partial charge in [-0.05, 0) is 55.2 Å². The molecule has 1 atom stereocenters. The topological polar surface area (TPSA) is 76.7 Å². The average Bonchev–Trinajstić information content (AvgIpc) is 2.76. The number of Topliss-reactive ketones (excluding diaryl/α,β-unsaturated/α-hetero) is 1. The number of nitrogens with one attached hydrogen (secondary N) is 2. The van der Waals surface area contributed by atoms with E-state index in [1.807, 2.05) is 6.92 Å². The summed E-state index contributed by atoms with van der Waals surface area (Å²) in [6.45, 7) is 5.93. The molecule has 2 aliphatic rings. The van der Waals surface area contributed by atoms with Crippen molar-refractivity contribution in [2.24, 2.45) is 5.41 Å². The number of halogens is 1. The number of methoxy groups -OCH3 is 2. The van der Waals surface area contributed by atoms with Crippen LogP contribution >= 0.6 is 0 Å². The molecular formula is C27H29FN2O4. The third-order valence-corrected chi connectivity index (χ3v) is 6.31. The van der Waals surface area contributed by atoms with Crippen molar-refractivity contribution >= 4 is 17.4 Å². The molecule has 0 unspecified atom stereocenters. The minimum Gasteiger partial charge on any atom is -0.497 e. The first kappa shape index (κ1) is 23.5. The first-order valence-electron chi connectivity index (χ1n) is 11.2. The van der Waals surface area contributed by atoms with Gasteiger partial charge in [-0.25, -0.2) is 4.39 Å². The van der Waals surface area contributed by atoms with Gasteiger partial charge in [0.25, 0.3) is 5.91 Å². The highest BCUT2D eigenvalue weighted by molar-refractivity contribution is 6.10. The number of dihydropyridines is 1. The Morgan fingerprint density at radius 2 is 1.88 bits per heavy atom. The molecule has 34 heavy (non-hydrogen) atoms. The Kier molecular flexibility index (Phi) is 6.21. The van der Waals surface area contributed by atoms with Crippen LogP contribution in [0.1, 0.15) is 45.1 Å². The Morgan fingerprint density at radius 1 is 1.12 bits per heavy atom. The Balaban J connectivity index is 1.88. The highest BCUT2D eigenvalue weighted by atomic mass is 19.1. The van der Waals surface area contributed by atoms with E-state index < -0.39 is 17.6 Å². The van der Waals surface area contributed by atoms with Crippen LogP contribution in [0.25, 0.3) is 0 Å². The lowest BCUT2D eigenvalue weighted by atomic mass is 9.68. The summed E-state index contributed by atoms with van der Waals surface area (Å²) < 4.78 is 24.8. The van der Waals surface area contributed by atoms with Gasteiger partial charge in [0, 0.05) is 40.2 Å². The lowest BCUT2D eigenvalue weighted by Gasteiger charge is -2.40. The zero-order valence-corrected chi connectivity index (χ0v) is 20.0. The van der Waals surface area contributed by atoms with Crippen molar-refractivity contribution in [3.8, 4) is 11.5 Å². The SMILES string of the molecule is COc1ccc(OC)c([C@H]2C(C(=O)Nc3cccc(F)c3)=C(C)NC3=C2C(=O)CC(C)(C)C3)c1. The first-order chi connectivity index (χ1) is 16.1. The number of amides is 1. The third-order valence-electron chi connectivity index (χ3n) is 6.31. The molecule has 0 saturated carbocycles. The lowest BCUT2D eigenvalue weighted by molar-refractivity contribution is -0.118. The highest BCUT2D eigenvalue weighted by Crippen LogP contribution is 2.49. The molecule has 0 aromatic heterocycles. The van der Waals surface area contributed by atoms with E-state index >= 15 is 0 Å². The van der Waals surface area contributed by atoms with E-state index in [-0.39, 0.29) is 11.2 Å². The van der Waals surface area contributed by atoms with Crippen LogP contribution in [0.4, 0.5) is 10.1 Å². The molecule has 178 valence electrons. The molecule has 1 aliphatic carbocycles. The van der Waals surface area contributed by atoms with Crippen LogP contribution in [0.2, 0.25) is 0 Å². The van der Waals surface area contributed by atoms with Crippen LogP contribution in [0.5, 0.6) is 11.5 Å². The highest BCUT2D eigenvalue weighted by Gasteiger charge is 2.43. The van der Waals surface area contributed by atoms with Crippen LogP contribution in [0.15, 0.2) is 65.0 Å². The zero-order chi connectivity index (χ0) is 24.6. The summed E-state index contributed by atoms with van der Waals surface area (Å²) in [5.41, 5.74) is 3.17. The van der Waals surface area contributed by atoms with Crippen LogP contribution in [0.3, 0.4) is 0 Å². The largest absolute Gasteiger partial charge is 0.497 e. The van der Waals surface area contributed by atoms with E-state index in [1.54, 1.807) is 38.5 Å². The van der Waals surface area contributed by atoms with Gasteiger partial charge >= 0.3 is 0 Å². The molecule has 2 aromatic carbocycles. The summed E-state index contributed by atoms with van der Waals surface area (Å²) in [7, 11) is 3.11. The summed E-state index contributed by atoms with van der Waals surface area (Å²) in [5, 5.41) is 6.12. The van der Waals surface area contributed by atoms with Crippen LogP contribution in [0, 0.1) is 11.2 Å². The molecule has 0 radical (unpaired) electrons. The van der Waals surface area contributed by atoms with E-state index in [2.05, 4.69) is 24.5 Å². The summed E-state index contributed by atoms with van der Waals surface area (Å²) in [5.74, 6) is -0.431. The van der Waals surface area contributed by atoms with Crippen LogP contribution in [-0.2, 0) is 9.59 Å². The van der Waals surface area contributed by atoms with Gasteiger partial charge in [-0.15, -0.1) is 0 Å². The molecule has 0 spiro atoms. The van der Waals surface area contributed by atoms with Crippen LogP contribution in [-0.4, -0.2) is 25.9 Å². The maximum Gasteiger partial charge on any atom is 0.254 e. The number of benzene rings is 2. The molecule has 0 saturated heterocycles. The normalized spacial score (nSPS) is 19.4. The monoisotopic (exact) mass is 464 g/mol. The summed E-state index contributed by atoms with van der Waals surface area (Å²) >= 11 is 0. The number of carbonyl (C=O) groups excluding carboxylic acids is 2. The van der Waals surface area contributed by atoms with Crippen molar-refractivity contribution in [2.75, 3.05) is 19.5 Å². The molecule has 1 heterocycles.